The first-order valence-electron chi connectivity index (χ1n) is 3.19. The Labute approximate surface area is 56.4 Å². The quantitative estimate of drug-likeness (QED) is 0.608. The minimum absolute atomic E-state index is 0.0231. The van der Waals surface area contributed by atoms with Crippen molar-refractivity contribution in [3.63, 3.8) is 0 Å². The largest absolute Gasteiger partial charge is 0.369 e. The summed E-state index contributed by atoms with van der Waals surface area (Å²) in [6.07, 6.45) is 0.817. The van der Waals surface area contributed by atoms with Crippen LogP contribution in [0.15, 0.2) is 0 Å². The van der Waals surface area contributed by atoms with E-state index < -0.39 is 0 Å². The normalized spacial score (nSPS) is 13.8. The minimum atomic E-state index is -0.211. The van der Waals surface area contributed by atoms with E-state index in [1.165, 1.54) is 0 Å². The topological polar surface area (TPSA) is 43.1 Å². The van der Waals surface area contributed by atoms with Gasteiger partial charge in [-0.25, -0.2) is 0 Å². The lowest BCUT2D eigenvalue weighted by Gasteiger charge is -2.12. The van der Waals surface area contributed by atoms with Crippen molar-refractivity contribution in [1.82, 2.24) is 0 Å². The summed E-state index contributed by atoms with van der Waals surface area (Å²) < 4.78 is 0. The molecule has 1 radical (unpaired) electrons. The molecule has 1 atom stereocenters. The summed E-state index contributed by atoms with van der Waals surface area (Å²) in [7, 11) is 0. The highest BCUT2D eigenvalue weighted by molar-refractivity contribution is 5.78. The Hall–Kier alpha value is -0.530. The Morgan fingerprint density at radius 3 is 2.00 bits per heavy atom. The summed E-state index contributed by atoms with van der Waals surface area (Å²) in [4.78, 5) is 10.6. The van der Waals surface area contributed by atoms with Crippen molar-refractivity contribution in [2.75, 3.05) is 0 Å². The van der Waals surface area contributed by atoms with Gasteiger partial charge in [-0.2, -0.15) is 0 Å². The fourth-order valence-corrected chi connectivity index (χ4v) is 0.894. The molecule has 2 N–H and O–H groups in total. The van der Waals surface area contributed by atoms with E-state index in [0.717, 1.165) is 12.3 Å². The summed E-state index contributed by atoms with van der Waals surface area (Å²) in [5.41, 5.74) is 5.09. The third kappa shape index (κ3) is 2.49. The number of carbonyl (C=O) groups is 1. The Bertz CT molecular complexity index is 99.1. The van der Waals surface area contributed by atoms with Crippen LogP contribution in [0.4, 0.5) is 0 Å². The predicted octanol–water partition coefficient (Wildman–Crippen LogP) is 1.11. The molecule has 0 saturated carbocycles. The van der Waals surface area contributed by atoms with Crippen LogP contribution in [0, 0.1) is 11.8 Å². The second kappa shape index (κ2) is 3.49. The summed E-state index contributed by atoms with van der Waals surface area (Å²) in [6, 6.07) is 0. The summed E-state index contributed by atoms with van der Waals surface area (Å²) in [6.45, 7) is 5.82. The average Bonchev–Trinajstić information content (AvgIpc) is 1.64. The van der Waals surface area contributed by atoms with Gasteiger partial charge in [-0.1, -0.05) is 20.8 Å². The van der Waals surface area contributed by atoms with Crippen molar-refractivity contribution in [3.8, 4) is 0 Å². The average molecular weight is 128 g/mol. The first-order chi connectivity index (χ1) is 4.09. The standard InChI is InChI=1S/C7H14NO/c1-4-6(5(2)3)7(8)9/h6H,4H2,1-3H3,(H2,8,9). The first-order valence-corrected chi connectivity index (χ1v) is 3.19. The monoisotopic (exact) mass is 128 g/mol. The van der Waals surface area contributed by atoms with E-state index in [9.17, 15) is 4.79 Å². The van der Waals surface area contributed by atoms with Crippen molar-refractivity contribution < 1.29 is 4.79 Å². The molecule has 0 aliphatic heterocycles. The maximum Gasteiger partial charge on any atom is 0.221 e. The molecule has 9 heavy (non-hydrogen) atoms. The zero-order valence-corrected chi connectivity index (χ0v) is 6.27. The van der Waals surface area contributed by atoms with Gasteiger partial charge in [-0.15, -0.1) is 0 Å². The fraction of sp³-hybridized carbons (Fsp3) is 0.714. The highest BCUT2D eigenvalue weighted by atomic mass is 16.1. The highest BCUT2D eigenvalue weighted by Gasteiger charge is 2.16. The molecule has 2 nitrogen and oxygen atoms in total. The van der Waals surface area contributed by atoms with Gasteiger partial charge in [0.1, 0.15) is 0 Å². The van der Waals surface area contributed by atoms with Gasteiger partial charge in [0.15, 0.2) is 0 Å². The smallest absolute Gasteiger partial charge is 0.221 e. The van der Waals surface area contributed by atoms with E-state index in [1.807, 2.05) is 20.8 Å². The van der Waals surface area contributed by atoms with Gasteiger partial charge in [0, 0.05) is 5.92 Å². The molecule has 0 rings (SSSR count). The van der Waals surface area contributed by atoms with Crippen LogP contribution in [0.3, 0.4) is 0 Å². The van der Waals surface area contributed by atoms with E-state index in [4.69, 9.17) is 5.73 Å². The fourth-order valence-electron chi connectivity index (χ4n) is 0.894. The molecule has 1 unspecified atom stereocenters. The predicted molar refractivity (Wildman–Crippen MR) is 37.6 cm³/mol. The van der Waals surface area contributed by atoms with Gasteiger partial charge in [-0.05, 0) is 12.3 Å². The molecule has 0 aliphatic carbocycles. The molecule has 0 aromatic carbocycles. The number of carbonyl (C=O) groups excluding carboxylic acids is 1. The second-order valence-corrected chi connectivity index (χ2v) is 2.44. The maximum atomic E-state index is 10.6. The van der Waals surface area contributed by atoms with Crippen LogP contribution in [-0.4, -0.2) is 5.91 Å². The lowest BCUT2D eigenvalue weighted by Crippen LogP contribution is -2.25. The van der Waals surface area contributed by atoms with Gasteiger partial charge in [-0.3, -0.25) is 4.79 Å². The summed E-state index contributed by atoms with van der Waals surface area (Å²) in [5, 5.41) is 0. The lowest BCUT2D eigenvalue weighted by molar-refractivity contribution is -0.121. The van der Waals surface area contributed by atoms with Gasteiger partial charge in [0.2, 0.25) is 5.91 Å². The van der Waals surface area contributed by atoms with E-state index >= 15 is 0 Å². The van der Waals surface area contributed by atoms with Crippen molar-refractivity contribution in [2.45, 2.75) is 27.2 Å². The lowest BCUT2D eigenvalue weighted by atomic mass is 9.93. The SMILES string of the molecule is CCC([C](C)C)C(N)=O. The van der Waals surface area contributed by atoms with E-state index in [2.05, 4.69) is 0 Å². The summed E-state index contributed by atoms with van der Waals surface area (Å²) >= 11 is 0. The number of primary amides is 1. The molecule has 53 valence electrons. The number of nitrogens with two attached hydrogens (primary N) is 1. The van der Waals surface area contributed by atoms with Gasteiger partial charge < -0.3 is 5.73 Å². The van der Waals surface area contributed by atoms with Crippen molar-refractivity contribution in [1.29, 1.82) is 0 Å². The Kier molecular flexibility index (Phi) is 3.28. The van der Waals surface area contributed by atoms with Crippen LogP contribution in [0.5, 0.6) is 0 Å². The zero-order chi connectivity index (χ0) is 7.44. The molecule has 2 heteroatoms. The molecule has 1 amide bonds. The van der Waals surface area contributed by atoms with Crippen LogP contribution in [0.2, 0.25) is 0 Å². The van der Waals surface area contributed by atoms with Gasteiger partial charge >= 0.3 is 0 Å². The van der Waals surface area contributed by atoms with Crippen LogP contribution in [-0.2, 0) is 4.79 Å². The molecule has 0 bridgehead atoms. The Morgan fingerprint density at radius 1 is 1.56 bits per heavy atom. The number of amides is 1. The third-order valence-corrected chi connectivity index (χ3v) is 1.45. The molecule has 0 heterocycles. The van der Waals surface area contributed by atoms with Crippen molar-refractivity contribution >= 4 is 5.91 Å². The van der Waals surface area contributed by atoms with E-state index in [1.54, 1.807) is 0 Å². The number of hydrogen-bond acceptors (Lipinski definition) is 1. The van der Waals surface area contributed by atoms with Gasteiger partial charge in [0.05, 0.1) is 0 Å². The van der Waals surface area contributed by atoms with Crippen LogP contribution < -0.4 is 5.73 Å². The Morgan fingerprint density at radius 2 is 2.00 bits per heavy atom. The maximum absolute atomic E-state index is 10.6. The minimum Gasteiger partial charge on any atom is -0.369 e. The zero-order valence-electron chi connectivity index (χ0n) is 6.27. The molecule has 0 aliphatic rings. The summed E-state index contributed by atoms with van der Waals surface area (Å²) in [5.74, 6) is 0.868. The Balaban J connectivity index is 3.83. The van der Waals surface area contributed by atoms with Crippen molar-refractivity contribution in [2.24, 2.45) is 11.7 Å². The van der Waals surface area contributed by atoms with Crippen LogP contribution in [0.25, 0.3) is 0 Å². The third-order valence-electron chi connectivity index (χ3n) is 1.45. The highest BCUT2D eigenvalue weighted by Crippen LogP contribution is 2.15. The molecule has 0 fully saturated rings. The molecule has 0 aromatic heterocycles. The van der Waals surface area contributed by atoms with E-state index in [-0.39, 0.29) is 11.8 Å². The first kappa shape index (κ1) is 8.47. The van der Waals surface area contributed by atoms with Crippen molar-refractivity contribution in [3.05, 3.63) is 5.92 Å². The molecular formula is C7H14NO. The van der Waals surface area contributed by atoms with E-state index in [0.29, 0.717) is 0 Å². The molecule has 0 aromatic rings. The second-order valence-electron chi connectivity index (χ2n) is 2.44. The number of hydrogen-bond donors (Lipinski definition) is 1. The van der Waals surface area contributed by atoms with Crippen LogP contribution >= 0.6 is 0 Å². The van der Waals surface area contributed by atoms with Gasteiger partial charge in [0.25, 0.3) is 0 Å². The molecular weight excluding hydrogens is 114 g/mol. The molecule has 0 saturated heterocycles. The number of rotatable bonds is 3. The van der Waals surface area contributed by atoms with Crippen LogP contribution in [0.1, 0.15) is 27.2 Å². The molecule has 0 spiro atoms.